The van der Waals surface area contributed by atoms with Crippen LogP contribution < -0.4 is 10.2 Å². The van der Waals surface area contributed by atoms with Crippen molar-refractivity contribution in [1.82, 2.24) is 5.43 Å². The standard InChI is InChI=1S/C19H22N2O2/c1-15-10-11-18(16(2)13-15)23-14-19(22)21-20-12-6-9-17-7-4-3-5-8-17/h3-5,7-8,10-13H,6,9,14H2,1-2H3,(H,21,22). The third kappa shape index (κ3) is 5.94. The molecule has 2 rings (SSSR count). The lowest BCUT2D eigenvalue weighted by atomic mass is 10.1. The third-order valence-electron chi connectivity index (χ3n) is 3.37. The molecule has 0 spiro atoms. The van der Waals surface area contributed by atoms with E-state index in [1.54, 1.807) is 6.21 Å². The molecule has 1 N–H and O–H groups in total. The molecule has 0 aromatic heterocycles. The van der Waals surface area contributed by atoms with Gasteiger partial charge in [0.15, 0.2) is 6.61 Å². The minimum Gasteiger partial charge on any atom is -0.483 e. The lowest BCUT2D eigenvalue weighted by molar-refractivity contribution is -0.123. The van der Waals surface area contributed by atoms with Crippen molar-refractivity contribution >= 4 is 12.1 Å². The Hall–Kier alpha value is -2.62. The molecule has 0 atom stereocenters. The number of carbonyl (C=O) groups is 1. The van der Waals surface area contributed by atoms with E-state index in [-0.39, 0.29) is 12.5 Å². The van der Waals surface area contributed by atoms with Crippen LogP contribution in [0.2, 0.25) is 0 Å². The molecule has 0 aliphatic carbocycles. The number of hydrazone groups is 1. The van der Waals surface area contributed by atoms with E-state index >= 15 is 0 Å². The van der Waals surface area contributed by atoms with E-state index in [1.165, 1.54) is 11.1 Å². The molecule has 1 amide bonds. The van der Waals surface area contributed by atoms with Gasteiger partial charge in [0.05, 0.1) is 0 Å². The second-order valence-electron chi connectivity index (χ2n) is 5.43. The Morgan fingerprint density at radius 2 is 1.96 bits per heavy atom. The minimum atomic E-state index is -0.263. The monoisotopic (exact) mass is 310 g/mol. The van der Waals surface area contributed by atoms with Gasteiger partial charge in [-0.1, -0.05) is 48.0 Å². The quantitative estimate of drug-likeness (QED) is 0.629. The molecule has 0 saturated heterocycles. The smallest absolute Gasteiger partial charge is 0.277 e. The maximum Gasteiger partial charge on any atom is 0.277 e. The average Bonchev–Trinajstić information content (AvgIpc) is 2.54. The molecule has 0 radical (unpaired) electrons. The average molecular weight is 310 g/mol. The Morgan fingerprint density at radius 3 is 2.70 bits per heavy atom. The fourth-order valence-corrected chi connectivity index (χ4v) is 2.19. The van der Waals surface area contributed by atoms with E-state index in [1.807, 2.05) is 50.2 Å². The van der Waals surface area contributed by atoms with Crippen molar-refractivity contribution in [2.45, 2.75) is 26.7 Å². The van der Waals surface area contributed by atoms with Crippen LogP contribution in [0, 0.1) is 13.8 Å². The number of nitrogens with zero attached hydrogens (tertiary/aromatic N) is 1. The summed E-state index contributed by atoms with van der Waals surface area (Å²) in [5, 5.41) is 3.93. The lowest BCUT2D eigenvalue weighted by Crippen LogP contribution is -2.24. The molecule has 0 saturated carbocycles. The van der Waals surface area contributed by atoms with Gasteiger partial charge >= 0.3 is 0 Å². The molecule has 0 bridgehead atoms. The van der Waals surface area contributed by atoms with Gasteiger partial charge in [-0.3, -0.25) is 4.79 Å². The highest BCUT2D eigenvalue weighted by atomic mass is 16.5. The highest BCUT2D eigenvalue weighted by Crippen LogP contribution is 2.18. The SMILES string of the molecule is Cc1ccc(OCC(=O)NN=CCCc2ccccc2)c(C)c1. The molecule has 0 aliphatic heterocycles. The summed E-state index contributed by atoms with van der Waals surface area (Å²) in [6.45, 7) is 3.94. The van der Waals surface area contributed by atoms with Gasteiger partial charge in [-0.15, -0.1) is 0 Å². The number of benzene rings is 2. The maximum atomic E-state index is 11.7. The van der Waals surface area contributed by atoms with E-state index < -0.39 is 0 Å². The van der Waals surface area contributed by atoms with Crippen molar-refractivity contribution in [3.8, 4) is 5.75 Å². The molecule has 120 valence electrons. The number of amides is 1. The van der Waals surface area contributed by atoms with Crippen molar-refractivity contribution in [2.75, 3.05) is 6.61 Å². The van der Waals surface area contributed by atoms with E-state index in [0.29, 0.717) is 0 Å². The first-order valence-corrected chi connectivity index (χ1v) is 7.69. The molecular formula is C19H22N2O2. The van der Waals surface area contributed by atoms with Gasteiger partial charge < -0.3 is 4.74 Å². The predicted octanol–water partition coefficient (Wildman–Crippen LogP) is 3.42. The predicted molar refractivity (Wildman–Crippen MR) is 92.8 cm³/mol. The van der Waals surface area contributed by atoms with Gasteiger partial charge in [-0.2, -0.15) is 5.10 Å². The van der Waals surface area contributed by atoms with Crippen molar-refractivity contribution in [3.05, 3.63) is 65.2 Å². The largest absolute Gasteiger partial charge is 0.483 e. The van der Waals surface area contributed by atoms with E-state index in [2.05, 4.69) is 22.7 Å². The van der Waals surface area contributed by atoms with E-state index in [0.717, 1.165) is 24.2 Å². The summed E-state index contributed by atoms with van der Waals surface area (Å²) < 4.78 is 5.49. The van der Waals surface area contributed by atoms with Crippen LogP contribution in [0.15, 0.2) is 53.6 Å². The maximum absolute atomic E-state index is 11.7. The van der Waals surface area contributed by atoms with Crippen molar-refractivity contribution < 1.29 is 9.53 Å². The molecule has 0 fully saturated rings. The van der Waals surface area contributed by atoms with Crippen LogP contribution in [0.25, 0.3) is 0 Å². The molecule has 4 nitrogen and oxygen atoms in total. The first kappa shape index (κ1) is 16.7. The Labute approximate surface area is 137 Å². The number of aryl methyl sites for hydroxylation is 3. The topological polar surface area (TPSA) is 50.7 Å². The minimum absolute atomic E-state index is 0.0417. The first-order chi connectivity index (χ1) is 11.1. The van der Waals surface area contributed by atoms with Gasteiger partial charge in [-0.05, 0) is 43.9 Å². The summed E-state index contributed by atoms with van der Waals surface area (Å²) in [5.74, 6) is 0.458. The number of nitrogens with one attached hydrogen (secondary N) is 1. The van der Waals surface area contributed by atoms with Crippen LogP contribution in [0.4, 0.5) is 0 Å². The van der Waals surface area contributed by atoms with Crippen LogP contribution in [0.3, 0.4) is 0 Å². The van der Waals surface area contributed by atoms with Crippen LogP contribution in [-0.2, 0) is 11.2 Å². The lowest BCUT2D eigenvalue weighted by Gasteiger charge is -2.08. The van der Waals surface area contributed by atoms with Crippen LogP contribution in [0.1, 0.15) is 23.1 Å². The van der Waals surface area contributed by atoms with Crippen molar-refractivity contribution in [1.29, 1.82) is 0 Å². The molecule has 4 heteroatoms. The Balaban J connectivity index is 1.67. The second-order valence-corrected chi connectivity index (χ2v) is 5.43. The van der Waals surface area contributed by atoms with Crippen LogP contribution in [-0.4, -0.2) is 18.7 Å². The van der Waals surface area contributed by atoms with E-state index in [9.17, 15) is 4.79 Å². The third-order valence-corrected chi connectivity index (χ3v) is 3.37. The molecule has 0 aliphatic rings. The highest BCUT2D eigenvalue weighted by Gasteiger charge is 2.03. The zero-order valence-electron chi connectivity index (χ0n) is 13.6. The van der Waals surface area contributed by atoms with Crippen molar-refractivity contribution in [2.24, 2.45) is 5.10 Å². The van der Waals surface area contributed by atoms with Crippen molar-refractivity contribution in [3.63, 3.8) is 0 Å². The summed E-state index contributed by atoms with van der Waals surface area (Å²) in [6, 6.07) is 16.0. The summed E-state index contributed by atoms with van der Waals surface area (Å²) in [7, 11) is 0. The normalized spacial score (nSPS) is 10.7. The van der Waals surface area contributed by atoms with Gasteiger partial charge in [0, 0.05) is 6.21 Å². The molecule has 2 aromatic carbocycles. The molecule has 0 heterocycles. The fourth-order valence-electron chi connectivity index (χ4n) is 2.19. The fraction of sp³-hybridized carbons (Fsp3) is 0.263. The summed E-state index contributed by atoms with van der Waals surface area (Å²) >= 11 is 0. The molecule has 23 heavy (non-hydrogen) atoms. The Bertz CT molecular complexity index is 666. The van der Waals surface area contributed by atoms with Crippen LogP contribution >= 0.6 is 0 Å². The number of rotatable bonds is 7. The zero-order valence-corrected chi connectivity index (χ0v) is 13.6. The number of hydrogen-bond acceptors (Lipinski definition) is 3. The summed E-state index contributed by atoms with van der Waals surface area (Å²) in [5.41, 5.74) is 5.92. The van der Waals surface area contributed by atoms with Crippen LogP contribution in [0.5, 0.6) is 5.75 Å². The summed E-state index contributed by atoms with van der Waals surface area (Å²) in [6.07, 6.45) is 3.39. The number of hydrogen-bond donors (Lipinski definition) is 1. The molecule has 2 aromatic rings. The number of carbonyl (C=O) groups excluding carboxylic acids is 1. The zero-order chi connectivity index (χ0) is 16.5. The molecule has 0 unspecified atom stereocenters. The van der Waals surface area contributed by atoms with E-state index in [4.69, 9.17) is 4.74 Å². The first-order valence-electron chi connectivity index (χ1n) is 7.69. The second kappa shape index (κ2) is 8.73. The van der Waals surface area contributed by atoms with Gasteiger partial charge in [0.1, 0.15) is 5.75 Å². The highest BCUT2D eigenvalue weighted by molar-refractivity contribution is 5.78. The summed E-state index contributed by atoms with van der Waals surface area (Å²) in [4.78, 5) is 11.7. The Morgan fingerprint density at radius 1 is 1.17 bits per heavy atom. The van der Waals surface area contributed by atoms with Gasteiger partial charge in [0.25, 0.3) is 5.91 Å². The van der Waals surface area contributed by atoms with Gasteiger partial charge in [-0.25, -0.2) is 5.43 Å². The van der Waals surface area contributed by atoms with Gasteiger partial charge in [0.2, 0.25) is 0 Å². The number of ether oxygens (including phenoxy) is 1. The molecular weight excluding hydrogens is 288 g/mol. The Kier molecular flexibility index (Phi) is 6.36.